The molecule has 1 aliphatic carbocycles. The molecule has 41 heavy (non-hydrogen) atoms. The Bertz CT molecular complexity index is 1750. The molecule has 5 aromatic carbocycles. The molecule has 0 saturated carbocycles. The van der Waals surface area contributed by atoms with E-state index in [9.17, 15) is 0 Å². The van der Waals surface area contributed by atoms with E-state index in [0.29, 0.717) is 13.1 Å². The highest BCUT2D eigenvalue weighted by Crippen LogP contribution is 2.61. The first kappa shape index (κ1) is 25.0. The van der Waals surface area contributed by atoms with Crippen LogP contribution in [0, 0.1) is 0 Å². The van der Waals surface area contributed by atoms with Gasteiger partial charge in [-0.2, -0.15) is 0 Å². The molecule has 0 bridgehead atoms. The van der Waals surface area contributed by atoms with Crippen molar-refractivity contribution in [1.29, 1.82) is 0 Å². The Morgan fingerprint density at radius 2 is 1.32 bits per heavy atom. The lowest BCUT2D eigenvalue weighted by Crippen LogP contribution is -2.36. The van der Waals surface area contributed by atoms with Gasteiger partial charge in [-0.15, -0.1) is 0 Å². The number of nitrogens with zero attached hydrogens (tertiary/aromatic N) is 2. The third kappa shape index (κ3) is 4.14. The number of benzene rings is 5. The molecular weight excluding hydrogens is 498 g/mol. The maximum Gasteiger partial charge on any atom is 0.0748 e. The highest BCUT2D eigenvalue weighted by molar-refractivity contribution is 5.93. The van der Waals surface area contributed by atoms with Crippen LogP contribution in [0.25, 0.3) is 6.08 Å². The van der Waals surface area contributed by atoms with Gasteiger partial charge in [-0.05, 0) is 69.3 Å². The number of fused-ring (bicyclic) bond motifs is 6. The van der Waals surface area contributed by atoms with E-state index in [0.717, 1.165) is 11.3 Å². The molecular formula is C38H31N3. The number of anilines is 3. The molecule has 3 heteroatoms. The van der Waals surface area contributed by atoms with Crippen LogP contribution in [0.4, 0.5) is 17.1 Å². The van der Waals surface area contributed by atoms with Crippen LogP contribution in [0.2, 0.25) is 0 Å². The maximum absolute atomic E-state index is 6.01. The highest BCUT2D eigenvalue weighted by Gasteiger charge is 2.50. The Balaban J connectivity index is 1.44. The molecule has 7 rings (SSSR count). The summed E-state index contributed by atoms with van der Waals surface area (Å²) in [6, 6.07) is 45.4. The van der Waals surface area contributed by atoms with Crippen LogP contribution in [0.5, 0.6) is 0 Å². The number of hydrogen-bond acceptors (Lipinski definition) is 3. The fraction of sp³-hybridized carbons (Fsp3) is 0.0789. The van der Waals surface area contributed by atoms with Gasteiger partial charge < -0.3 is 10.6 Å². The summed E-state index contributed by atoms with van der Waals surface area (Å²) in [4.78, 5) is 7.19. The molecule has 2 N–H and O–H groups in total. The molecule has 0 saturated heterocycles. The molecule has 0 radical (unpaired) electrons. The van der Waals surface area contributed by atoms with Crippen LogP contribution in [-0.2, 0) is 12.0 Å². The Morgan fingerprint density at radius 1 is 0.683 bits per heavy atom. The third-order valence-electron chi connectivity index (χ3n) is 8.13. The van der Waals surface area contributed by atoms with Gasteiger partial charge in [0, 0.05) is 18.4 Å². The predicted octanol–water partition coefficient (Wildman–Crippen LogP) is 8.34. The largest absolute Gasteiger partial charge is 0.327 e. The van der Waals surface area contributed by atoms with Crippen molar-refractivity contribution in [3.8, 4) is 0 Å². The summed E-state index contributed by atoms with van der Waals surface area (Å²) >= 11 is 0. The summed E-state index contributed by atoms with van der Waals surface area (Å²) in [5.41, 5.74) is 17.6. The molecule has 1 spiro atoms. The number of para-hydroxylation sites is 3. The topological polar surface area (TPSA) is 41.6 Å². The van der Waals surface area contributed by atoms with E-state index in [1.807, 2.05) is 24.4 Å². The Hall–Kier alpha value is -4.99. The average Bonchev–Trinajstić information content (AvgIpc) is 3.35. The zero-order valence-electron chi connectivity index (χ0n) is 22.8. The molecule has 0 fully saturated rings. The first-order valence-corrected chi connectivity index (χ1v) is 14.1. The van der Waals surface area contributed by atoms with Gasteiger partial charge >= 0.3 is 0 Å². The fourth-order valence-electron chi connectivity index (χ4n) is 6.45. The first-order valence-electron chi connectivity index (χ1n) is 14.1. The molecule has 0 amide bonds. The van der Waals surface area contributed by atoms with E-state index >= 15 is 0 Å². The van der Waals surface area contributed by atoms with Crippen molar-refractivity contribution in [2.45, 2.75) is 12.0 Å². The van der Waals surface area contributed by atoms with Gasteiger partial charge in [0.15, 0.2) is 0 Å². The average molecular weight is 530 g/mol. The van der Waals surface area contributed by atoms with Gasteiger partial charge in [0.25, 0.3) is 0 Å². The smallest absolute Gasteiger partial charge is 0.0748 e. The lowest BCUT2D eigenvalue weighted by molar-refractivity contribution is 0.744. The highest BCUT2D eigenvalue weighted by atomic mass is 15.2. The van der Waals surface area contributed by atoms with Crippen LogP contribution in [0.1, 0.15) is 33.4 Å². The van der Waals surface area contributed by atoms with Crippen molar-refractivity contribution in [2.24, 2.45) is 10.7 Å². The molecule has 2 aliphatic rings. The number of aliphatic imine (C=N–C) groups is 1. The van der Waals surface area contributed by atoms with Crippen molar-refractivity contribution in [3.63, 3.8) is 0 Å². The van der Waals surface area contributed by atoms with Gasteiger partial charge in [-0.3, -0.25) is 4.99 Å². The third-order valence-corrected chi connectivity index (χ3v) is 8.13. The Morgan fingerprint density at radius 3 is 2.00 bits per heavy atom. The summed E-state index contributed by atoms with van der Waals surface area (Å²) < 4.78 is 0. The second-order valence-electron chi connectivity index (χ2n) is 10.5. The Kier molecular flexibility index (Phi) is 6.42. The van der Waals surface area contributed by atoms with E-state index in [4.69, 9.17) is 10.7 Å². The van der Waals surface area contributed by atoms with Crippen LogP contribution in [-0.4, -0.2) is 12.8 Å². The number of allylic oxidation sites excluding steroid dienone is 2. The minimum absolute atomic E-state index is 0.474. The minimum Gasteiger partial charge on any atom is -0.327 e. The van der Waals surface area contributed by atoms with E-state index in [1.54, 1.807) is 0 Å². The zero-order valence-corrected chi connectivity index (χ0v) is 22.8. The van der Waals surface area contributed by atoms with E-state index in [-0.39, 0.29) is 0 Å². The molecule has 0 unspecified atom stereocenters. The maximum atomic E-state index is 6.01. The summed E-state index contributed by atoms with van der Waals surface area (Å²) in [5.74, 6) is 0. The van der Waals surface area contributed by atoms with Gasteiger partial charge in [0.1, 0.15) is 0 Å². The van der Waals surface area contributed by atoms with Crippen molar-refractivity contribution in [2.75, 3.05) is 11.4 Å². The van der Waals surface area contributed by atoms with Crippen molar-refractivity contribution >= 4 is 29.4 Å². The molecule has 3 nitrogen and oxygen atoms in total. The second kappa shape index (κ2) is 10.5. The van der Waals surface area contributed by atoms with Crippen LogP contribution < -0.4 is 10.6 Å². The molecule has 1 heterocycles. The molecule has 5 aromatic rings. The minimum atomic E-state index is -0.474. The summed E-state index contributed by atoms with van der Waals surface area (Å²) in [6.07, 6.45) is 8.59. The lowest BCUT2D eigenvalue weighted by Gasteiger charge is -2.45. The van der Waals surface area contributed by atoms with Crippen LogP contribution >= 0.6 is 0 Å². The van der Waals surface area contributed by atoms with Gasteiger partial charge in [0.2, 0.25) is 0 Å². The van der Waals surface area contributed by atoms with Gasteiger partial charge in [-0.25, -0.2) is 0 Å². The fourth-order valence-corrected chi connectivity index (χ4v) is 6.45. The quantitative estimate of drug-likeness (QED) is 0.225. The number of nitrogens with two attached hydrogens (primary N) is 1. The van der Waals surface area contributed by atoms with Crippen molar-refractivity contribution in [3.05, 3.63) is 178 Å². The first-order chi connectivity index (χ1) is 20.3. The molecule has 1 aliphatic heterocycles. The number of hydrogen-bond donors (Lipinski definition) is 1. The lowest BCUT2D eigenvalue weighted by atomic mass is 9.63. The number of rotatable bonds is 6. The monoisotopic (exact) mass is 529 g/mol. The predicted molar refractivity (Wildman–Crippen MR) is 171 cm³/mol. The molecule has 198 valence electrons. The Labute approximate surface area is 241 Å². The molecule has 0 aromatic heterocycles. The summed E-state index contributed by atoms with van der Waals surface area (Å²) in [5, 5.41) is 0. The van der Waals surface area contributed by atoms with Crippen LogP contribution in [0.15, 0.2) is 150 Å². The second-order valence-corrected chi connectivity index (χ2v) is 10.5. The van der Waals surface area contributed by atoms with Gasteiger partial charge in [0.05, 0.1) is 23.3 Å². The normalized spacial score (nSPS) is 14.8. The standard InChI is InChI=1S/C38H31N3/c39-23-11-14-31-25-30-22-21-29(27-40-26-28-12-3-1-4-13-28)24-35(30)38(31)33-17-7-9-19-36(33)41(32-15-5-2-6-16-32)37-20-10-8-18-34(37)38/h1-22,24-26H,23,27,39H2/b14-11-,40-26+. The summed E-state index contributed by atoms with van der Waals surface area (Å²) in [7, 11) is 0. The van der Waals surface area contributed by atoms with Gasteiger partial charge in [-0.1, -0.05) is 115 Å². The zero-order chi connectivity index (χ0) is 27.6. The van der Waals surface area contributed by atoms with Crippen LogP contribution in [0.3, 0.4) is 0 Å². The van der Waals surface area contributed by atoms with E-state index in [2.05, 4.69) is 132 Å². The van der Waals surface area contributed by atoms with Crippen molar-refractivity contribution < 1.29 is 0 Å². The molecule has 0 atom stereocenters. The SMILES string of the molecule is NC/C=C\C1=Cc2ccc(C/N=C/c3ccccc3)cc2C12c1ccccc1N(c1ccccc1)c1ccccc12. The van der Waals surface area contributed by atoms with E-state index < -0.39 is 5.41 Å². The van der Waals surface area contributed by atoms with Crippen molar-refractivity contribution in [1.82, 2.24) is 0 Å². The van der Waals surface area contributed by atoms with E-state index in [1.165, 1.54) is 44.8 Å². The summed E-state index contributed by atoms with van der Waals surface area (Å²) in [6.45, 7) is 1.11.